The molecular formula is C51H32N4S. The normalized spacial score (nSPS) is 15.1. The van der Waals surface area contributed by atoms with Crippen molar-refractivity contribution in [3.63, 3.8) is 0 Å². The fourth-order valence-electron chi connectivity index (χ4n) is 8.53. The lowest BCUT2D eigenvalue weighted by atomic mass is 9.63. The largest absolute Gasteiger partial charge is 0.264 e. The fourth-order valence-corrected chi connectivity index (χ4v) is 9.86. The zero-order chi connectivity index (χ0) is 37.1. The van der Waals surface area contributed by atoms with Gasteiger partial charge in [0, 0.05) is 50.6 Å². The van der Waals surface area contributed by atoms with E-state index in [9.17, 15) is 0 Å². The Labute approximate surface area is 329 Å². The van der Waals surface area contributed by atoms with Crippen molar-refractivity contribution in [2.45, 2.75) is 15.2 Å². The molecule has 0 amide bonds. The van der Waals surface area contributed by atoms with E-state index in [1.165, 1.54) is 53.9 Å². The lowest BCUT2D eigenvalue weighted by Crippen LogP contribution is -2.35. The van der Waals surface area contributed by atoms with Crippen molar-refractivity contribution in [2.75, 3.05) is 0 Å². The molecule has 4 heterocycles. The highest BCUT2D eigenvalue weighted by atomic mass is 32.2. The van der Waals surface area contributed by atoms with Crippen molar-refractivity contribution in [3.05, 3.63) is 216 Å². The molecule has 1 spiro atoms. The van der Waals surface area contributed by atoms with E-state index in [0.717, 1.165) is 39.3 Å². The van der Waals surface area contributed by atoms with Crippen LogP contribution in [0.5, 0.6) is 0 Å². The molecule has 0 fully saturated rings. The Morgan fingerprint density at radius 1 is 0.446 bits per heavy atom. The Hall–Kier alpha value is -6.95. The summed E-state index contributed by atoms with van der Waals surface area (Å²) in [6.07, 6.45) is 10.1. The Kier molecular flexibility index (Phi) is 7.61. The van der Waals surface area contributed by atoms with E-state index in [0.29, 0.717) is 5.82 Å². The van der Waals surface area contributed by atoms with Crippen LogP contribution < -0.4 is 0 Å². The van der Waals surface area contributed by atoms with E-state index in [1.807, 2.05) is 48.4 Å². The monoisotopic (exact) mass is 732 g/mol. The van der Waals surface area contributed by atoms with E-state index in [2.05, 4.69) is 157 Å². The summed E-state index contributed by atoms with van der Waals surface area (Å²) in [5, 5.41) is 2.51. The van der Waals surface area contributed by atoms with Crippen molar-refractivity contribution in [1.82, 2.24) is 19.9 Å². The van der Waals surface area contributed by atoms with Gasteiger partial charge in [-0.15, -0.1) is 0 Å². The Bertz CT molecular complexity index is 3000. The first kappa shape index (κ1) is 32.5. The third-order valence-corrected chi connectivity index (χ3v) is 12.3. The molecule has 6 aromatic carbocycles. The molecule has 262 valence electrons. The molecular weight excluding hydrogens is 701 g/mol. The van der Waals surface area contributed by atoms with Crippen molar-refractivity contribution in [2.24, 2.45) is 0 Å². The molecule has 0 saturated heterocycles. The summed E-state index contributed by atoms with van der Waals surface area (Å²) in [5.41, 5.74) is 13.2. The van der Waals surface area contributed by atoms with Gasteiger partial charge in [0.25, 0.3) is 0 Å². The first-order valence-corrected chi connectivity index (χ1v) is 19.6. The zero-order valence-corrected chi connectivity index (χ0v) is 31.0. The highest BCUT2D eigenvalue weighted by Gasteiger charge is 2.47. The fraction of sp³-hybridized carbons (Fsp3) is 0.0196. The quantitative estimate of drug-likeness (QED) is 0.180. The predicted molar refractivity (Wildman–Crippen MR) is 228 cm³/mol. The topological polar surface area (TPSA) is 51.6 Å². The number of pyridine rings is 2. The number of benzene rings is 6. The van der Waals surface area contributed by atoms with Gasteiger partial charge in [0.2, 0.25) is 0 Å². The predicted octanol–water partition coefficient (Wildman–Crippen LogP) is 12.4. The van der Waals surface area contributed by atoms with Crippen LogP contribution in [-0.2, 0) is 5.41 Å². The molecule has 56 heavy (non-hydrogen) atoms. The summed E-state index contributed by atoms with van der Waals surface area (Å²) < 4.78 is 0. The maximum Gasteiger partial charge on any atom is 0.160 e. The number of fused-ring (bicyclic) bond motifs is 10. The van der Waals surface area contributed by atoms with Crippen molar-refractivity contribution >= 4 is 34.7 Å². The van der Waals surface area contributed by atoms with E-state index in [1.54, 1.807) is 6.20 Å². The molecule has 2 aliphatic rings. The summed E-state index contributed by atoms with van der Waals surface area (Å²) in [7, 11) is 0. The minimum absolute atomic E-state index is 0.613. The second kappa shape index (κ2) is 13.1. The van der Waals surface area contributed by atoms with Gasteiger partial charge < -0.3 is 0 Å². The standard InChI is InChI=1S/C51H32N4S/c1-2-13-36(14-3-1)46-30-47(39-25-27-45(53-32-39)38-15-10-28-52-31-38)55-50(54-46)37-23-22-35-21-20-34-12-5-7-17-41(34)51(44(35)29-37)42-18-8-9-19-48(42)56-49-40-16-6-4-11-33(40)24-26-43(49)51/h1-32H. The van der Waals surface area contributed by atoms with Crippen LogP contribution in [0.25, 0.3) is 68.1 Å². The highest BCUT2D eigenvalue weighted by Crippen LogP contribution is 2.59. The minimum atomic E-state index is -0.613. The van der Waals surface area contributed by atoms with Crippen LogP contribution in [-0.4, -0.2) is 19.9 Å². The minimum Gasteiger partial charge on any atom is -0.264 e. The third-order valence-electron chi connectivity index (χ3n) is 11.1. The smallest absolute Gasteiger partial charge is 0.160 e. The van der Waals surface area contributed by atoms with Gasteiger partial charge >= 0.3 is 0 Å². The van der Waals surface area contributed by atoms with Gasteiger partial charge in [0.15, 0.2) is 5.82 Å². The third kappa shape index (κ3) is 5.16. The van der Waals surface area contributed by atoms with Crippen LogP contribution in [0.15, 0.2) is 192 Å². The van der Waals surface area contributed by atoms with Gasteiger partial charge in [0.1, 0.15) is 0 Å². The lowest BCUT2D eigenvalue weighted by molar-refractivity contribution is 0.704. The van der Waals surface area contributed by atoms with Gasteiger partial charge in [-0.3, -0.25) is 9.97 Å². The van der Waals surface area contributed by atoms with Crippen LogP contribution >= 0.6 is 11.8 Å². The van der Waals surface area contributed by atoms with E-state index < -0.39 is 5.41 Å². The number of hydrogen-bond acceptors (Lipinski definition) is 5. The first-order valence-electron chi connectivity index (χ1n) is 18.8. The van der Waals surface area contributed by atoms with Crippen molar-refractivity contribution < 1.29 is 0 Å². The van der Waals surface area contributed by atoms with Crippen LogP contribution in [0.4, 0.5) is 0 Å². The molecule has 9 aromatic rings. The molecule has 0 saturated carbocycles. The summed E-state index contributed by atoms with van der Waals surface area (Å²) >= 11 is 1.88. The van der Waals surface area contributed by atoms with Gasteiger partial charge in [-0.05, 0) is 86.6 Å². The van der Waals surface area contributed by atoms with Gasteiger partial charge in [-0.2, -0.15) is 0 Å². The average Bonchev–Trinajstić information content (AvgIpc) is 3.42. The number of aromatic nitrogens is 4. The van der Waals surface area contributed by atoms with Crippen molar-refractivity contribution in [1.29, 1.82) is 0 Å². The molecule has 4 nitrogen and oxygen atoms in total. The highest BCUT2D eigenvalue weighted by molar-refractivity contribution is 7.99. The van der Waals surface area contributed by atoms with Gasteiger partial charge in [-0.25, -0.2) is 9.97 Å². The number of rotatable bonds is 4. The Balaban J connectivity index is 1.17. The molecule has 1 unspecified atom stereocenters. The Morgan fingerprint density at radius 2 is 1.16 bits per heavy atom. The van der Waals surface area contributed by atoms with E-state index >= 15 is 0 Å². The lowest BCUT2D eigenvalue weighted by Gasteiger charge is -2.43. The number of nitrogens with zero attached hydrogens (tertiary/aromatic N) is 4. The van der Waals surface area contributed by atoms with E-state index in [4.69, 9.17) is 15.0 Å². The molecule has 0 N–H and O–H groups in total. The van der Waals surface area contributed by atoms with Gasteiger partial charge in [-0.1, -0.05) is 145 Å². The maximum absolute atomic E-state index is 5.30. The van der Waals surface area contributed by atoms with Gasteiger partial charge in [0.05, 0.1) is 22.5 Å². The molecule has 0 radical (unpaired) electrons. The molecule has 1 aliphatic heterocycles. The molecule has 3 aromatic heterocycles. The summed E-state index contributed by atoms with van der Waals surface area (Å²) in [6.45, 7) is 0. The van der Waals surface area contributed by atoms with Crippen LogP contribution in [0.3, 0.4) is 0 Å². The van der Waals surface area contributed by atoms with Crippen LogP contribution in [0.1, 0.15) is 33.4 Å². The average molecular weight is 733 g/mol. The zero-order valence-electron chi connectivity index (χ0n) is 30.2. The molecule has 5 heteroatoms. The SMILES string of the molecule is C1=Cc2ccc(-c3nc(-c4ccccc4)cc(-c4ccc(-c5cccnc5)nc4)n3)cc2C2(c3ccccc31)c1ccccc1Sc1c2ccc2ccccc12. The second-order valence-corrected chi connectivity index (χ2v) is 15.3. The van der Waals surface area contributed by atoms with Crippen LogP contribution in [0, 0.1) is 0 Å². The van der Waals surface area contributed by atoms with E-state index in [-0.39, 0.29) is 0 Å². The first-order chi connectivity index (χ1) is 27.7. The van der Waals surface area contributed by atoms with Crippen LogP contribution in [0.2, 0.25) is 0 Å². The number of hydrogen-bond donors (Lipinski definition) is 0. The molecule has 0 bridgehead atoms. The Morgan fingerprint density at radius 3 is 2.00 bits per heavy atom. The molecule has 1 atom stereocenters. The molecule has 11 rings (SSSR count). The molecule has 1 aliphatic carbocycles. The second-order valence-electron chi connectivity index (χ2n) is 14.2. The van der Waals surface area contributed by atoms with Crippen molar-refractivity contribution in [3.8, 4) is 45.2 Å². The summed E-state index contributed by atoms with van der Waals surface area (Å²) in [5.74, 6) is 0.661. The summed E-state index contributed by atoms with van der Waals surface area (Å²) in [6, 6.07) is 58.5. The maximum atomic E-state index is 5.30. The summed E-state index contributed by atoms with van der Waals surface area (Å²) in [4.78, 5) is 22.2.